The molecule has 188 valence electrons. The Labute approximate surface area is 201 Å². The lowest BCUT2D eigenvalue weighted by Gasteiger charge is -2.37. The fourth-order valence-electron chi connectivity index (χ4n) is 2.78. The molecule has 0 N–H and O–H groups in total. The first-order valence-corrected chi connectivity index (χ1v) is 15.2. The summed E-state index contributed by atoms with van der Waals surface area (Å²) in [7, 11) is -6.90. The van der Waals surface area contributed by atoms with Crippen molar-refractivity contribution in [3.8, 4) is 5.75 Å². The largest absolute Gasteiger partial charge is 0.543 e. The highest BCUT2D eigenvalue weighted by Crippen LogP contribution is 2.40. The number of halogens is 3. The van der Waals surface area contributed by atoms with E-state index in [0.717, 1.165) is 11.1 Å². The summed E-state index contributed by atoms with van der Waals surface area (Å²) in [6.07, 6.45) is -4.96. The number of nitrogens with zero attached hydrogens (tertiary/aromatic N) is 1. The molecule has 10 heteroatoms. The lowest BCUT2D eigenvalue weighted by Crippen LogP contribution is -2.44. The summed E-state index contributed by atoms with van der Waals surface area (Å²) < 4.78 is 77.4. The van der Waals surface area contributed by atoms with E-state index in [9.17, 15) is 21.6 Å². The first-order chi connectivity index (χ1) is 15.3. The van der Waals surface area contributed by atoms with Gasteiger partial charge in [0, 0.05) is 5.56 Å². The minimum atomic E-state index is -4.96. The zero-order valence-corrected chi connectivity index (χ0v) is 22.6. The third-order valence-electron chi connectivity index (χ3n) is 5.89. The first kappa shape index (κ1) is 27.9. The molecule has 34 heavy (non-hydrogen) atoms. The van der Waals surface area contributed by atoms with Gasteiger partial charge in [-0.05, 0) is 54.7 Å². The summed E-state index contributed by atoms with van der Waals surface area (Å²) in [6.45, 7) is 15.7. The summed E-state index contributed by atoms with van der Waals surface area (Å²) in [5.74, 6) is 0.329. The van der Waals surface area contributed by atoms with Crippen LogP contribution in [0.4, 0.5) is 13.2 Å². The van der Waals surface area contributed by atoms with Crippen molar-refractivity contribution in [2.24, 2.45) is 5.16 Å². The molecule has 0 atom stereocenters. The van der Waals surface area contributed by atoms with Crippen LogP contribution in [0, 0.1) is 6.92 Å². The van der Waals surface area contributed by atoms with Gasteiger partial charge in [-0.15, -0.1) is 0 Å². The zero-order chi connectivity index (χ0) is 26.1. The third kappa shape index (κ3) is 6.62. The average molecular weight is 516 g/mol. The molecule has 2 aromatic carbocycles. The Hall–Kier alpha value is -2.33. The molecular weight excluding hydrogens is 483 g/mol. The van der Waals surface area contributed by atoms with Crippen LogP contribution in [0.1, 0.15) is 57.2 Å². The highest BCUT2D eigenvalue weighted by Gasteiger charge is 2.41. The number of oxime groups is 1. The fraction of sp³-hybridized carbons (Fsp3) is 0.458. The topological polar surface area (TPSA) is 65.0 Å². The van der Waals surface area contributed by atoms with E-state index in [-0.39, 0.29) is 21.4 Å². The van der Waals surface area contributed by atoms with Crippen molar-refractivity contribution < 1.29 is 30.3 Å². The van der Waals surface area contributed by atoms with Gasteiger partial charge in [-0.25, -0.2) is 0 Å². The molecular formula is C24H32F3NO4SSi. The van der Waals surface area contributed by atoms with Gasteiger partial charge in [0.1, 0.15) is 10.6 Å². The van der Waals surface area contributed by atoms with Crippen LogP contribution in [0.5, 0.6) is 5.75 Å². The lowest BCUT2D eigenvalue weighted by atomic mass is 9.99. The van der Waals surface area contributed by atoms with Gasteiger partial charge in [0.2, 0.25) is 8.32 Å². The van der Waals surface area contributed by atoms with Gasteiger partial charge in [0.05, 0.1) is 0 Å². The second kappa shape index (κ2) is 9.73. The molecule has 0 radical (unpaired) electrons. The number of hydrogen-bond donors (Lipinski definition) is 0. The molecule has 2 rings (SSSR count). The predicted octanol–water partition coefficient (Wildman–Crippen LogP) is 7.17. The van der Waals surface area contributed by atoms with Gasteiger partial charge in [0.15, 0.2) is 5.71 Å². The van der Waals surface area contributed by atoms with Gasteiger partial charge in [-0.2, -0.15) is 21.6 Å². The summed E-state index contributed by atoms with van der Waals surface area (Å²) in [6, 6.07) is 9.59. The van der Waals surface area contributed by atoms with Gasteiger partial charge >= 0.3 is 16.3 Å². The number of benzene rings is 2. The molecule has 0 aliphatic carbocycles. The van der Waals surface area contributed by atoms with Crippen molar-refractivity contribution in [2.45, 2.75) is 76.7 Å². The second-order valence-electron chi connectivity index (χ2n) is 10.0. The Bertz CT molecular complexity index is 1150. The molecule has 2 aromatic rings. The summed E-state index contributed by atoms with van der Waals surface area (Å²) in [5, 5.41) is 2.88. The lowest BCUT2D eigenvalue weighted by molar-refractivity contribution is -0.0597. The Morgan fingerprint density at radius 2 is 1.56 bits per heavy atom. The average Bonchev–Trinajstić information content (AvgIpc) is 2.66. The van der Waals surface area contributed by atoms with Crippen molar-refractivity contribution in [3.63, 3.8) is 0 Å². The summed E-state index contributed by atoms with van der Waals surface area (Å²) in [5.41, 5.74) is -0.260. The van der Waals surface area contributed by atoms with Crippen molar-refractivity contribution >= 4 is 24.1 Å². The molecule has 0 unspecified atom stereocenters. The van der Waals surface area contributed by atoms with Crippen LogP contribution in [-0.2, 0) is 14.4 Å². The number of alkyl halides is 3. The quantitative estimate of drug-likeness (QED) is 0.223. The van der Waals surface area contributed by atoms with Crippen molar-refractivity contribution in [1.29, 1.82) is 0 Å². The van der Waals surface area contributed by atoms with E-state index in [1.165, 1.54) is 36.4 Å². The van der Waals surface area contributed by atoms with E-state index in [2.05, 4.69) is 9.44 Å². The second-order valence-corrected chi connectivity index (χ2v) is 16.3. The van der Waals surface area contributed by atoms with E-state index in [0.29, 0.717) is 5.75 Å². The summed E-state index contributed by atoms with van der Waals surface area (Å²) >= 11 is 0. The van der Waals surface area contributed by atoms with E-state index >= 15 is 0 Å². The Morgan fingerprint density at radius 3 is 2.03 bits per heavy atom. The highest BCUT2D eigenvalue weighted by atomic mass is 32.2. The SMILES string of the molecule is Cc1ccc(S(=O)(=O)O/N=C(\c2ccc(C(C)C)c(O[Si](C)(C)C(C)(C)C)c2)C(F)(F)F)cc1. The van der Waals surface area contributed by atoms with E-state index in [1.807, 2.05) is 47.7 Å². The van der Waals surface area contributed by atoms with Crippen molar-refractivity contribution in [3.05, 3.63) is 59.2 Å². The summed E-state index contributed by atoms with van der Waals surface area (Å²) in [4.78, 5) is -0.291. The maximum Gasteiger partial charge on any atom is 0.437 e. The monoisotopic (exact) mass is 515 g/mol. The van der Waals surface area contributed by atoms with Crippen LogP contribution in [0.3, 0.4) is 0 Å². The zero-order valence-electron chi connectivity index (χ0n) is 20.7. The third-order valence-corrected chi connectivity index (χ3v) is 11.3. The Kier molecular flexibility index (Phi) is 7.99. The van der Waals surface area contributed by atoms with Crippen molar-refractivity contribution in [2.75, 3.05) is 0 Å². The normalized spacial score (nSPS) is 13.8. The predicted molar refractivity (Wildman–Crippen MR) is 130 cm³/mol. The number of hydrogen-bond acceptors (Lipinski definition) is 5. The molecule has 5 nitrogen and oxygen atoms in total. The minimum Gasteiger partial charge on any atom is -0.543 e. The van der Waals surface area contributed by atoms with Gasteiger partial charge in [-0.1, -0.05) is 69.6 Å². The number of aryl methyl sites for hydroxylation is 1. The van der Waals surface area contributed by atoms with Gasteiger partial charge in [0.25, 0.3) is 0 Å². The molecule has 0 bridgehead atoms. The maximum absolute atomic E-state index is 13.9. The van der Waals surface area contributed by atoms with E-state index in [4.69, 9.17) is 4.43 Å². The van der Waals surface area contributed by atoms with E-state index < -0.39 is 30.3 Å². The van der Waals surface area contributed by atoms with Crippen LogP contribution < -0.4 is 4.43 Å². The smallest absolute Gasteiger partial charge is 0.437 e. The standard InChI is InChI=1S/C24H32F3NO4SSi/c1-16(2)20-14-11-18(15-21(20)31-34(7,8)23(4,5)6)22(24(25,26)27)28-32-33(29,30)19-12-9-17(3)10-13-19/h9-16H,1-8H3/b28-22+. The molecule has 0 heterocycles. The molecule has 0 aliphatic rings. The van der Waals surface area contributed by atoms with Gasteiger partial charge in [-0.3, -0.25) is 4.28 Å². The van der Waals surface area contributed by atoms with Crippen LogP contribution in [0.15, 0.2) is 52.5 Å². The van der Waals surface area contributed by atoms with Crippen LogP contribution >= 0.6 is 0 Å². The fourth-order valence-corrected chi connectivity index (χ4v) is 4.54. The Morgan fingerprint density at radius 1 is 1.00 bits per heavy atom. The highest BCUT2D eigenvalue weighted by molar-refractivity contribution is 7.86. The maximum atomic E-state index is 13.9. The molecule has 0 fully saturated rings. The minimum absolute atomic E-state index is 0.00161. The van der Waals surface area contributed by atoms with Crippen molar-refractivity contribution in [1.82, 2.24) is 0 Å². The molecule has 0 aliphatic heterocycles. The van der Waals surface area contributed by atoms with Crippen LogP contribution in [0.2, 0.25) is 18.1 Å². The first-order valence-electron chi connectivity index (χ1n) is 10.8. The molecule has 0 amide bonds. The molecule has 0 spiro atoms. The van der Waals surface area contributed by atoms with E-state index in [1.54, 1.807) is 13.0 Å². The molecule has 0 saturated heterocycles. The molecule has 0 saturated carbocycles. The van der Waals surface area contributed by atoms with Gasteiger partial charge < -0.3 is 4.43 Å². The Balaban J connectivity index is 2.56. The van der Waals surface area contributed by atoms with Crippen LogP contribution in [0.25, 0.3) is 0 Å². The molecule has 0 aromatic heterocycles. The van der Waals surface area contributed by atoms with Crippen LogP contribution in [-0.4, -0.2) is 28.6 Å². The number of rotatable bonds is 7.